The van der Waals surface area contributed by atoms with Gasteiger partial charge in [0.1, 0.15) is 5.82 Å². The van der Waals surface area contributed by atoms with Gasteiger partial charge in [-0.05, 0) is 25.0 Å². The van der Waals surface area contributed by atoms with Crippen LogP contribution in [0, 0.1) is 5.82 Å². The lowest BCUT2D eigenvalue weighted by Crippen LogP contribution is -2.42. The van der Waals surface area contributed by atoms with Crippen molar-refractivity contribution in [2.45, 2.75) is 24.3 Å². The van der Waals surface area contributed by atoms with E-state index in [9.17, 15) is 14.0 Å². The molecule has 0 saturated carbocycles. The molecule has 0 spiro atoms. The smallest absolute Gasteiger partial charge is 0.407 e. The quantitative estimate of drug-likeness (QED) is 0.719. The minimum Gasteiger partial charge on any atom is -0.450 e. The van der Waals surface area contributed by atoms with Gasteiger partial charge < -0.3 is 20.7 Å². The normalized spacial score (nSPS) is 16.2. The van der Waals surface area contributed by atoms with Crippen molar-refractivity contribution in [3.05, 3.63) is 29.6 Å². The predicted octanol–water partition coefficient (Wildman–Crippen LogP) is 2.41. The number of fused-ring (bicyclic) bond motifs is 1. The Kier molecular flexibility index (Phi) is 6.52. The number of halogens is 1. The van der Waals surface area contributed by atoms with Gasteiger partial charge in [-0.15, -0.1) is 11.8 Å². The van der Waals surface area contributed by atoms with Gasteiger partial charge in [-0.25, -0.2) is 14.0 Å². The number of nitrogens with one attached hydrogen (secondary N) is 3. The van der Waals surface area contributed by atoms with Crippen molar-refractivity contribution >= 4 is 23.9 Å². The summed E-state index contributed by atoms with van der Waals surface area (Å²) < 4.78 is 18.5. The van der Waals surface area contributed by atoms with Gasteiger partial charge >= 0.3 is 12.1 Å². The zero-order valence-electron chi connectivity index (χ0n) is 12.9. The first-order chi connectivity index (χ1) is 11.1. The first-order valence-corrected chi connectivity index (χ1v) is 8.46. The highest BCUT2D eigenvalue weighted by atomic mass is 32.2. The summed E-state index contributed by atoms with van der Waals surface area (Å²) in [5.41, 5.74) is 0.807. The molecule has 6 nitrogen and oxygen atoms in total. The second-order valence-corrected chi connectivity index (χ2v) is 6.00. The molecule has 3 N–H and O–H groups in total. The van der Waals surface area contributed by atoms with Crippen LogP contribution in [0.1, 0.15) is 24.9 Å². The van der Waals surface area contributed by atoms with Gasteiger partial charge in [0.25, 0.3) is 0 Å². The van der Waals surface area contributed by atoms with E-state index in [0.29, 0.717) is 11.5 Å². The maximum atomic E-state index is 13.8. The van der Waals surface area contributed by atoms with Gasteiger partial charge in [0, 0.05) is 23.7 Å². The fourth-order valence-corrected chi connectivity index (χ4v) is 3.41. The Morgan fingerprint density at radius 3 is 2.91 bits per heavy atom. The average molecular weight is 341 g/mol. The van der Waals surface area contributed by atoms with Crippen LogP contribution in [-0.4, -0.2) is 37.6 Å². The molecule has 0 unspecified atom stereocenters. The molecule has 3 amide bonds. The van der Waals surface area contributed by atoms with Crippen LogP contribution < -0.4 is 16.0 Å². The molecule has 1 heterocycles. The van der Waals surface area contributed by atoms with Gasteiger partial charge in [-0.2, -0.15) is 0 Å². The maximum absolute atomic E-state index is 13.8. The number of amides is 3. The fourth-order valence-electron chi connectivity index (χ4n) is 2.27. The van der Waals surface area contributed by atoms with Crippen LogP contribution in [0.3, 0.4) is 0 Å². The summed E-state index contributed by atoms with van der Waals surface area (Å²) in [6.07, 6.45) is 0.235. The number of hydrogen-bond donors (Lipinski definition) is 3. The lowest BCUT2D eigenvalue weighted by atomic mass is 10.0. The molecule has 0 aromatic heterocycles. The third kappa shape index (κ3) is 5.02. The van der Waals surface area contributed by atoms with Gasteiger partial charge in [0.15, 0.2) is 0 Å². The zero-order valence-corrected chi connectivity index (χ0v) is 13.7. The average Bonchev–Trinajstić information content (AvgIpc) is 2.53. The van der Waals surface area contributed by atoms with Gasteiger partial charge in [0.05, 0.1) is 12.6 Å². The van der Waals surface area contributed by atoms with E-state index in [4.69, 9.17) is 4.74 Å². The second-order valence-electron chi connectivity index (χ2n) is 4.90. The third-order valence-electron chi connectivity index (χ3n) is 3.29. The van der Waals surface area contributed by atoms with Crippen LogP contribution in [0.4, 0.5) is 14.0 Å². The minimum absolute atomic E-state index is 0.208. The summed E-state index contributed by atoms with van der Waals surface area (Å²) in [6.45, 7) is 2.57. The molecular weight excluding hydrogens is 321 g/mol. The summed E-state index contributed by atoms with van der Waals surface area (Å²) in [6, 6.07) is 4.35. The van der Waals surface area contributed by atoms with E-state index in [2.05, 4.69) is 16.0 Å². The number of thioether (sulfide) groups is 1. The molecular formula is C15H20FN3O3S. The van der Waals surface area contributed by atoms with Gasteiger partial charge in [-0.3, -0.25) is 0 Å². The number of hydrogen-bond acceptors (Lipinski definition) is 4. The lowest BCUT2D eigenvalue weighted by molar-refractivity contribution is 0.152. The Labute approximate surface area is 138 Å². The Bertz CT molecular complexity index is 571. The number of rotatable bonds is 5. The van der Waals surface area contributed by atoms with Crippen molar-refractivity contribution < 1.29 is 18.7 Å². The van der Waals surface area contributed by atoms with Crippen molar-refractivity contribution in [1.82, 2.24) is 16.0 Å². The fraction of sp³-hybridized carbons (Fsp3) is 0.467. The van der Waals surface area contributed by atoms with Crippen molar-refractivity contribution in [1.29, 1.82) is 0 Å². The van der Waals surface area contributed by atoms with Crippen LogP contribution in [0.15, 0.2) is 23.1 Å². The van der Waals surface area contributed by atoms with E-state index in [0.717, 1.165) is 17.7 Å². The number of urea groups is 1. The third-order valence-corrected chi connectivity index (χ3v) is 4.45. The van der Waals surface area contributed by atoms with E-state index in [1.54, 1.807) is 13.0 Å². The Hall–Kier alpha value is -1.96. The minimum atomic E-state index is -0.511. The summed E-state index contributed by atoms with van der Waals surface area (Å²) in [7, 11) is 0. The van der Waals surface area contributed by atoms with E-state index in [1.807, 2.05) is 6.07 Å². The molecule has 23 heavy (non-hydrogen) atoms. The zero-order chi connectivity index (χ0) is 16.7. The van der Waals surface area contributed by atoms with Crippen LogP contribution >= 0.6 is 11.8 Å². The summed E-state index contributed by atoms with van der Waals surface area (Å²) >= 11 is 1.47. The molecule has 8 heteroatoms. The summed E-state index contributed by atoms with van der Waals surface area (Å²) in [5, 5.41) is 8.00. The molecule has 1 atom stereocenters. The van der Waals surface area contributed by atoms with Crippen molar-refractivity contribution in [3.8, 4) is 0 Å². The van der Waals surface area contributed by atoms with E-state index < -0.39 is 6.09 Å². The molecule has 0 radical (unpaired) electrons. The highest BCUT2D eigenvalue weighted by molar-refractivity contribution is 7.99. The Morgan fingerprint density at radius 2 is 2.13 bits per heavy atom. The van der Waals surface area contributed by atoms with Crippen LogP contribution in [0.25, 0.3) is 0 Å². The summed E-state index contributed by atoms with van der Waals surface area (Å²) in [4.78, 5) is 23.6. The highest BCUT2D eigenvalue weighted by Gasteiger charge is 2.24. The van der Waals surface area contributed by atoms with Gasteiger partial charge in [0.2, 0.25) is 0 Å². The van der Waals surface area contributed by atoms with Crippen molar-refractivity contribution in [2.24, 2.45) is 0 Å². The molecule has 2 rings (SSSR count). The number of benzene rings is 1. The molecule has 0 fully saturated rings. The Morgan fingerprint density at radius 1 is 1.35 bits per heavy atom. The molecule has 0 aliphatic carbocycles. The SMILES string of the molecule is CCOC(=O)NCCNC(=O)N[C@@H]1CCSc2c(F)cccc21. The molecule has 1 aliphatic heterocycles. The maximum Gasteiger partial charge on any atom is 0.407 e. The second kappa shape index (κ2) is 8.61. The van der Waals surface area contributed by atoms with Crippen molar-refractivity contribution in [3.63, 3.8) is 0 Å². The summed E-state index contributed by atoms with van der Waals surface area (Å²) in [5.74, 6) is 0.501. The molecule has 1 aromatic carbocycles. The number of carbonyl (C=O) groups is 2. The molecule has 0 bridgehead atoms. The van der Waals surface area contributed by atoms with E-state index in [1.165, 1.54) is 17.8 Å². The highest BCUT2D eigenvalue weighted by Crippen LogP contribution is 2.37. The lowest BCUT2D eigenvalue weighted by Gasteiger charge is -2.26. The van der Waals surface area contributed by atoms with Crippen LogP contribution in [0.2, 0.25) is 0 Å². The predicted molar refractivity (Wildman–Crippen MR) is 86.0 cm³/mol. The Balaban J connectivity index is 1.79. The van der Waals surface area contributed by atoms with E-state index >= 15 is 0 Å². The number of ether oxygens (including phenoxy) is 1. The molecule has 1 aromatic rings. The first kappa shape index (κ1) is 17.4. The topological polar surface area (TPSA) is 79.5 Å². The number of alkyl carbamates (subject to hydrolysis) is 1. The standard InChI is InChI=1S/C15H20FN3O3S/c1-2-22-15(21)18-8-7-17-14(20)19-12-6-9-23-13-10(12)4-3-5-11(13)16/h3-5,12H,2,6-9H2,1H3,(H,18,21)(H2,17,19,20)/t12-/m1/s1. The first-order valence-electron chi connectivity index (χ1n) is 7.48. The largest absolute Gasteiger partial charge is 0.450 e. The molecule has 0 saturated heterocycles. The monoisotopic (exact) mass is 341 g/mol. The van der Waals surface area contributed by atoms with Crippen molar-refractivity contribution in [2.75, 3.05) is 25.4 Å². The van der Waals surface area contributed by atoms with E-state index in [-0.39, 0.29) is 31.0 Å². The molecule has 126 valence electrons. The van der Waals surface area contributed by atoms with Gasteiger partial charge in [-0.1, -0.05) is 12.1 Å². The number of carbonyl (C=O) groups excluding carboxylic acids is 2. The van der Waals surface area contributed by atoms with Crippen LogP contribution in [0.5, 0.6) is 0 Å². The molecule has 1 aliphatic rings. The van der Waals surface area contributed by atoms with Crippen LogP contribution in [-0.2, 0) is 4.74 Å².